The van der Waals surface area contributed by atoms with Crippen LogP contribution in [0.4, 0.5) is 4.39 Å². The van der Waals surface area contributed by atoms with Crippen molar-refractivity contribution in [2.24, 2.45) is 12.8 Å². The Morgan fingerprint density at radius 1 is 1.37 bits per heavy atom. The van der Waals surface area contributed by atoms with Gasteiger partial charge >= 0.3 is 0 Å². The molecule has 0 bridgehead atoms. The molecule has 1 unspecified atom stereocenters. The maximum atomic E-state index is 13.6. The van der Waals surface area contributed by atoms with E-state index in [2.05, 4.69) is 4.98 Å². The van der Waals surface area contributed by atoms with E-state index in [4.69, 9.17) is 28.9 Å². The number of hydrogen-bond donors (Lipinski definition) is 1. The van der Waals surface area contributed by atoms with Crippen LogP contribution in [0, 0.1) is 5.82 Å². The van der Waals surface area contributed by atoms with E-state index in [0.29, 0.717) is 17.0 Å². The van der Waals surface area contributed by atoms with E-state index in [1.54, 1.807) is 13.1 Å². The minimum absolute atomic E-state index is 0.0125. The van der Waals surface area contributed by atoms with E-state index in [0.717, 1.165) is 5.82 Å². The fraction of sp³-hybridized carbons (Fsp3) is 0.308. The molecule has 1 heterocycles. The van der Waals surface area contributed by atoms with Crippen molar-refractivity contribution in [1.82, 2.24) is 9.55 Å². The predicted octanol–water partition coefficient (Wildman–Crippen LogP) is 3.28. The molecule has 0 saturated heterocycles. The number of nitrogens with zero attached hydrogens (tertiary/aromatic N) is 2. The van der Waals surface area contributed by atoms with E-state index < -0.39 is 11.4 Å². The molecule has 102 valence electrons. The van der Waals surface area contributed by atoms with Crippen LogP contribution >= 0.6 is 23.2 Å². The summed E-state index contributed by atoms with van der Waals surface area (Å²) in [6, 6.07) is 2.66. The third-order valence-electron chi connectivity index (χ3n) is 3.07. The lowest BCUT2D eigenvalue weighted by Crippen LogP contribution is -2.36. The van der Waals surface area contributed by atoms with Gasteiger partial charge in [0.05, 0.1) is 5.02 Å². The quantitative estimate of drug-likeness (QED) is 0.884. The first-order chi connectivity index (χ1) is 8.81. The molecule has 2 N–H and O–H groups in total. The fourth-order valence-corrected chi connectivity index (χ4v) is 2.55. The number of aryl methyl sites for hydroxylation is 1. The van der Waals surface area contributed by atoms with Crippen molar-refractivity contribution in [2.45, 2.75) is 18.9 Å². The molecule has 0 amide bonds. The monoisotopic (exact) mass is 301 g/mol. The van der Waals surface area contributed by atoms with Gasteiger partial charge in [-0.1, -0.05) is 23.2 Å². The topological polar surface area (TPSA) is 43.8 Å². The van der Waals surface area contributed by atoms with Gasteiger partial charge < -0.3 is 10.3 Å². The van der Waals surface area contributed by atoms with E-state index in [-0.39, 0.29) is 5.02 Å². The van der Waals surface area contributed by atoms with Crippen molar-refractivity contribution in [3.05, 3.63) is 51.8 Å². The van der Waals surface area contributed by atoms with E-state index in [9.17, 15) is 4.39 Å². The van der Waals surface area contributed by atoms with Gasteiger partial charge in [-0.25, -0.2) is 9.37 Å². The van der Waals surface area contributed by atoms with Gasteiger partial charge in [-0.15, -0.1) is 0 Å². The molecule has 1 atom stereocenters. The highest BCUT2D eigenvalue weighted by atomic mass is 35.5. The second-order valence-electron chi connectivity index (χ2n) is 4.79. The van der Waals surface area contributed by atoms with Crippen LogP contribution < -0.4 is 5.73 Å². The average Bonchev–Trinajstić information content (AvgIpc) is 2.69. The molecular weight excluding hydrogens is 288 g/mol. The zero-order chi connectivity index (χ0) is 14.2. The number of aromatic nitrogens is 2. The van der Waals surface area contributed by atoms with Crippen molar-refractivity contribution in [3.63, 3.8) is 0 Å². The third kappa shape index (κ3) is 2.91. The maximum Gasteiger partial charge on any atom is 0.142 e. The second-order valence-corrected chi connectivity index (χ2v) is 5.61. The van der Waals surface area contributed by atoms with Crippen LogP contribution in [0.3, 0.4) is 0 Å². The lowest BCUT2D eigenvalue weighted by molar-refractivity contribution is 0.467. The summed E-state index contributed by atoms with van der Waals surface area (Å²) in [4.78, 5) is 4.22. The standard InChI is InChI=1S/C13H14Cl2FN3/c1-13(17,7-12-18-3-4-19(12)2)8-5-11(16)10(15)6-9(8)14/h3-6H,7,17H2,1-2H3. The lowest BCUT2D eigenvalue weighted by Gasteiger charge is -2.26. The summed E-state index contributed by atoms with van der Waals surface area (Å²) in [6.45, 7) is 1.79. The molecule has 2 rings (SSSR count). The summed E-state index contributed by atoms with van der Waals surface area (Å²) >= 11 is 11.8. The van der Waals surface area contributed by atoms with Gasteiger partial charge in [0.15, 0.2) is 0 Å². The Kier molecular flexibility index (Phi) is 3.85. The Balaban J connectivity index is 2.39. The smallest absolute Gasteiger partial charge is 0.142 e. The van der Waals surface area contributed by atoms with Crippen molar-refractivity contribution in [2.75, 3.05) is 0 Å². The first-order valence-corrected chi connectivity index (χ1v) is 6.47. The predicted molar refractivity (Wildman–Crippen MR) is 74.9 cm³/mol. The summed E-state index contributed by atoms with van der Waals surface area (Å²) in [6.07, 6.45) is 3.96. The fourth-order valence-electron chi connectivity index (χ4n) is 1.95. The number of hydrogen-bond acceptors (Lipinski definition) is 2. The first-order valence-electron chi connectivity index (χ1n) is 5.71. The van der Waals surface area contributed by atoms with E-state index in [1.165, 1.54) is 12.1 Å². The Morgan fingerprint density at radius 2 is 2.05 bits per heavy atom. The number of rotatable bonds is 3. The number of benzene rings is 1. The van der Waals surface area contributed by atoms with E-state index in [1.807, 2.05) is 17.8 Å². The molecule has 19 heavy (non-hydrogen) atoms. The van der Waals surface area contributed by atoms with Gasteiger partial charge in [0.1, 0.15) is 11.6 Å². The molecule has 0 aliphatic rings. The molecule has 0 saturated carbocycles. The summed E-state index contributed by atoms with van der Waals surface area (Å²) in [5.41, 5.74) is 5.95. The number of halogens is 3. The van der Waals surface area contributed by atoms with Crippen LogP contribution in [-0.4, -0.2) is 9.55 Å². The molecule has 0 radical (unpaired) electrons. The van der Waals surface area contributed by atoms with Crippen LogP contribution in [0.5, 0.6) is 0 Å². The second kappa shape index (κ2) is 5.12. The zero-order valence-electron chi connectivity index (χ0n) is 10.6. The van der Waals surface area contributed by atoms with Crippen molar-refractivity contribution >= 4 is 23.2 Å². The summed E-state index contributed by atoms with van der Waals surface area (Å²) in [5.74, 6) is 0.272. The summed E-state index contributed by atoms with van der Waals surface area (Å²) < 4.78 is 15.4. The number of imidazole rings is 1. The molecule has 3 nitrogen and oxygen atoms in total. The largest absolute Gasteiger partial charge is 0.338 e. The van der Waals surface area contributed by atoms with Crippen molar-refractivity contribution in [3.8, 4) is 0 Å². The third-order valence-corrected chi connectivity index (χ3v) is 3.67. The summed E-state index contributed by atoms with van der Waals surface area (Å²) in [7, 11) is 1.88. The molecule has 0 fully saturated rings. The molecule has 1 aromatic carbocycles. The van der Waals surface area contributed by atoms with Gasteiger partial charge in [-0.05, 0) is 24.6 Å². The van der Waals surface area contributed by atoms with Gasteiger partial charge in [-0.2, -0.15) is 0 Å². The molecule has 0 aliphatic carbocycles. The SMILES string of the molecule is Cn1ccnc1CC(C)(N)c1cc(F)c(Cl)cc1Cl. The minimum atomic E-state index is -0.832. The average molecular weight is 302 g/mol. The van der Waals surface area contributed by atoms with Gasteiger partial charge in [0.2, 0.25) is 0 Å². The van der Waals surface area contributed by atoms with Crippen molar-refractivity contribution in [1.29, 1.82) is 0 Å². The van der Waals surface area contributed by atoms with Crippen LogP contribution in [-0.2, 0) is 19.0 Å². The van der Waals surface area contributed by atoms with Crippen LogP contribution in [0.15, 0.2) is 24.5 Å². The highest BCUT2D eigenvalue weighted by Crippen LogP contribution is 2.32. The molecule has 2 aromatic rings. The van der Waals surface area contributed by atoms with Crippen molar-refractivity contribution < 1.29 is 4.39 Å². The number of nitrogens with two attached hydrogens (primary N) is 1. The zero-order valence-corrected chi connectivity index (χ0v) is 12.1. The maximum absolute atomic E-state index is 13.6. The highest BCUT2D eigenvalue weighted by Gasteiger charge is 2.27. The highest BCUT2D eigenvalue weighted by molar-refractivity contribution is 6.35. The lowest BCUT2D eigenvalue weighted by atomic mass is 9.89. The van der Waals surface area contributed by atoms with Gasteiger partial charge in [0.25, 0.3) is 0 Å². The molecule has 1 aromatic heterocycles. The first kappa shape index (κ1) is 14.3. The Hall–Kier alpha value is -1.10. The molecule has 0 spiro atoms. The molecular formula is C13H14Cl2FN3. The van der Waals surface area contributed by atoms with Crippen LogP contribution in [0.25, 0.3) is 0 Å². The minimum Gasteiger partial charge on any atom is -0.338 e. The van der Waals surface area contributed by atoms with Crippen LogP contribution in [0.2, 0.25) is 10.0 Å². The normalized spacial score (nSPS) is 14.4. The van der Waals surface area contributed by atoms with Crippen LogP contribution in [0.1, 0.15) is 18.3 Å². The Bertz CT molecular complexity index is 608. The molecule has 6 heteroatoms. The van der Waals surface area contributed by atoms with Gasteiger partial charge in [0, 0.05) is 36.4 Å². The molecule has 0 aliphatic heterocycles. The Labute approximate surface area is 121 Å². The summed E-state index contributed by atoms with van der Waals surface area (Å²) in [5, 5.41) is 0.340. The van der Waals surface area contributed by atoms with Gasteiger partial charge in [-0.3, -0.25) is 0 Å². The van der Waals surface area contributed by atoms with E-state index >= 15 is 0 Å². The Morgan fingerprint density at radius 3 is 2.63 bits per heavy atom.